The molecule has 2 N–H and O–H groups in total. The predicted molar refractivity (Wildman–Crippen MR) is 140 cm³/mol. The van der Waals surface area contributed by atoms with Gasteiger partial charge in [0.2, 0.25) is 11.8 Å². The Balaban J connectivity index is 1.19. The number of fused-ring (bicyclic) bond motifs is 1. The van der Waals surface area contributed by atoms with Crippen LogP contribution in [0.25, 0.3) is 11.0 Å². The fourth-order valence-electron chi connectivity index (χ4n) is 4.36. The van der Waals surface area contributed by atoms with Crippen molar-refractivity contribution in [1.29, 1.82) is 0 Å². The van der Waals surface area contributed by atoms with Crippen LogP contribution in [0.4, 0.5) is 23.7 Å². The number of carbonyl (C=O) groups excluding carboxylic acids is 2. The van der Waals surface area contributed by atoms with E-state index in [9.17, 15) is 22.8 Å². The fraction of sp³-hybridized carbons (Fsp3) is 0.286. The van der Waals surface area contributed by atoms with Crippen LogP contribution in [0.15, 0.2) is 67.1 Å². The minimum atomic E-state index is -4.43. The van der Waals surface area contributed by atoms with E-state index in [0.29, 0.717) is 53.7 Å². The van der Waals surface area contributed by atoms with Crippen molar-refractivity contribution in [3.05, 3.63) is 78.2 Å². The van der Waals surface area contributed by atoms with Crippen LogP contribution in [0, 0.1) is 5.92 Å². The van der Waals surface area contributed by atoms with Crippen molar-refractivity contribution in [2.45, 2.75) is 25.4 Å². The van der Waals surface area contributed by atoms with Crippen LogP contribution in [0.1, 0.15) is 24.0 Å². The summed E-state index contributed by atoms with van der Waals surface area (Å²) < 4.78 is 50.9. The molecule has 9 nitrogen and oxygen atoms in total. The number of benzene rings is 2. The molecule has 3 heterocycles. The van der Waals surface area contributed by atoms with Gasteiger partial charge >= 0.3 is 12.2 Å². The first-order valence-electron chi connectivity index (χ1n) is 12.7. The van der Waals surface area contributed by atoms with E-state index in [2.05, 4.69) is 20.6 Å². The molecule has 0 atom stereocenters. The maximum absolute atomic E-state index is 12.8. The predicted octanol–water partition coefficient (Wildman–Crippen LogP) is 5.41. The molecule has 1 aliphatic rings. The number of halogens is 3. The summed E-state index contributed by atoms with van der Waals surface area (Å²) >= 11 is 0. The molecule has 2 amide bonds. The Morgan fingerprint density at radius 1 is 1.00 bits per heavy atom. The van der Waals surface area contributed by atoms with E-state index in [1.54, 1.807) is 36.5 Å². The topological polar surface area (TPSA) is 107 Å². The molecule has 2 aromatic heterocycles. The summed E-state index contributed by atoms with van der Waals surface area (Å²) in [5.41, 5.74) is 0.590. The second kappa shape index (κ2) is 11.7. The lowest BCUT2D eigenvalue weighted by Crippen LogP contribution is -2.34. The largest absolute Gasteiger partial charge is 0.438 e. The monoisotopic (exact) mass is 553 g/mol. The summed E-state index contributed by atoms with van der Waals surface area (Å²) in [5, 5.41) is 6.21. The molecular formula is C28H26F3N5O4. The molecule has 1 aliphatic heterocycles. The second-order valence-electron chi connectivity index (χ2n) is 9.39. The lowest BCUT2D eigenvalue weighted by atomic mass is 10.0. The molecular weight excluding hydrogens is 527 g/mol. The summed E-state index contributed by atoms with van der Waals surface area (Å²) in [6.45, 7) is 1.97. The minimum Gasteiger partial charge on any atom is -0.438 e. The third-order valence-electron chi connectivity index (χ3n) is 6.54. The molecule has 0 unspecified atom stereocenters. The maximum atomic E-state index is 12.8. The summed E-state index contributed by atoms with van der Waals surface area (Å²) in [4.78, 5) is 33.6. The fourth-order valence-corrected chi connectivity index (χ4v) is 4.36. The molecule has 1 saturated heterocycles. The molecule has 0 bridgehead atoms. The van der Waals surface area contributed by atoms with Gasteiger partial charge in [-0.1, -0.05) is 12.1 Å². The highest BCUT2D eigenvalue weighted by Gasteiger charge is 2.30. The van der Waals surface area contributed by atoms with E-state index in [1.807, 2.05) is 0 Å². The Morgan fingerprint density at radius 2 is 1.73 bits per heavy atom. The Morgan fingerprint density at radius 3 is 2.42 bits per heavy atom. The zero-order valence-corrected chi connectivity index (χ0v) is 21.3. The van der Waals surface area contributed by atoms with E-state index < -0.39 is 11.7 Å². The number of anilines is 1. The second-order valence-corrected chi connectivity index (χ2v) is 9.39. The van der Waals surface area contributed by atoms with Crippen LogP contribution in [0.3, 0.4) is 0 Å². The summed E-state index contributed by atoms with van der Waals surface area (Å²) in [5.74, 6) is 0.713. The maximum Gasteiger partial charge on any atom is 0.416 e. The number of ether oxygens (including phenoxy) is 2. The van der Waals surface area contributed by atoms with E-state index >= 15 is 0 Å². The van der Waals surface area contributed by atoms with Crippen molar-refractivity contribution in [2.75, 3.05) is 25.1 Å². The lowest BCUT2D eigenvalue weighted by molar-refractivity contribution is -0.137. The summed E-state index contributed by atoms with van der Waals surface area (Å²) in [6.07, 6.45) is 0.250. The highest BCUT2D eigenvalue weighted by atomic mass is 19.4. The number of amides is 2. The smallest absolute Gasteiger partial charge is 0.416 e. The first-order chi connectivity index (χ1) is 19.3. The van der Waals surface area contributed by atoms with Crippen LogP contribution in [-0.2, 0) is 22.1 Å². The quantitative estimate of drug-likeness (QED) is 0.317. The Bertz CT molecular complexity index is 1480. The van der Waals surface area contributed by atoms with E-state index in [-0.39, 0.29) is 24.2 Å². The average molecular weight is 554 g/mol. The Labute approximate surface area is 227 Å². The zero-order valence-electron chi connectivity index (χ0n) is 21.3. The van der Waals surface area contributed by atoms with Gasteiger partial charge in [-0.25, -0.2) is 14.8 Å². The molecule has 12 heteroatoms. The van der Waals surface area contributed by atoms with Crippen LogP contribution < -0.4 is 15.4 Å². The zero-order chi connectivity index (χ0) is 28.1. The van der Waals surface area contributed by atoms with E-state index in [0.717, 1.165) is 25.0 Å². The normalized spacial score (nSPS) is 14.2. The summed E-state index contributed by atoms with van der Waals surface area (Å²) in [7, 11) is 0. The van der Waals surface area contributed by atoms with Crippen LogP contribution in [0.2, 0.25) is 0 Å². The van der Waals surface area contributed by atoms with Gasteiger partial charge in [-0.05, 0) is 66.8 Å². The van der Waals surface area contributed by atoms with Crippen molar-refractivity contribution in [1.82, 2.24) is 19.9 Å². The van der Waals surface area contributed by atoms with Gasteiger partial charge in [-0.2, -0.15) is 13.2 Å². The number of hydrogen-bond donors (Lipinski definition) is 2. The van der Waals surface area contributed by atoms with Crippen molar-refractivity contribution < 1.29 is 32.2 Å². The third-order valence-corrected chi connectivity index (χ3v) is 6.54. The van der Waals surface area contributed by atoms with Gasteiger partial charge in [0, 0.05) is 31.6 Å². The van der Waals surface area contributed by atoms with Crippen molar-refractivity contribution in [2.24, 2.45) is 5.92 Å². The van der Waals surface area contributed by atoms with Gasteiger partial charge in [0.25, 0.3) is 0 Å². The first-order valence-corrected chi connectivity index (χ1v) is 12.7. The van der Waals surface area contributed by atoms with Gasteiger partial charge in [0.05, 0.1) is 17.4 Å². The molecule has 0 radical (unpaired) electrons. The standard InChI is InChI=1S/C28H26F3N5O4/c29-28(30,31)20-3-1-18(2-4-20)15-24(37)35-21-5-7-22(8-6-21)40-26-23-9-12-36(25(23)33-17-34-26)27(38)32-16-19-10-13-39-14-11-19/h1-9,12,17,19H,10-11,13-16H2,(H,32,38)(H,35,37). The number of nitrogens with one attached hydrogen (secondary N) is 2. The molecule has 0 aliphatic carbocycles. The Hall–Kier alpha value is -4.45. The van der Waals surface area contributed by atoms with Crippen LogP contribution in [0.5, 0.6) is 11.6 Å². The minimum absolute atomic E-state index is 0.0745. The molecule has 40 heavy (non-hydrogen) atoms. The molecule has 208 valence electrons. The first kappa shape index (κ1) is 27.1. The molecule has 0 saturated carbocycles. The van der Waals surface area contributed by atoms with Crippen molar-refractivity contribution in [3.8, 4) is 11.6 Å². The molecule has 5 rings (SSSR count). The lowest BCUT2D eigenvalue weighted by Gasteiger charge is -2.22. The molecule has 1 fully saturated rings. The number of rotatable bonds is 7. The SMILES string of the molecule is O=C(Cc1ccc(C(F)(F)F)cc1)Nc1ccc(Oc2ncnc3c2ccn3C(=O)NCC2CCOCC2)cc1. The summed E-state index contributed by atoms with van der Waals surface area (Å²) in [6, 6.07) is 12.4. The van der Waals surface area contributed by atoms with Crippen LogP contribution >= 0.6 is 0 Å². The van der Waals surface area contributed by atoms with Gasteiger partial charge < -0.3 is 20.1 Å². The van der Waals surface area contributed by atoms with Gasteiger partial charge in [0.1, 0.15) is 12.1 Å². The van der Waals surface area contributed by atoms with Gasteiger partial charge in [0.15, 0.2) is 5.65 Å². The molecule has 2 aromatic carbocycles. The van der Waals surface area contributed by atoms with Gasteiger partial charge in [-0.3, -0.25) is 9.36 Å². The van der Waals surface area contributed by atoms with Crippen molar-refractivity contribution >= 4 is 28.7 Å². The third kappa shape index (κ3) is 6.57. The average Bonchev–Trinajstić information content (AvgIpc) is 3.38. The number of nitrogens with zero attached hydrogens (tertiary/aromatic N) is 3. The molecule has 4 aromatic rings. The van der Waals surface area contributed by atoms with Gasteiger partial charge in [-0.15, -0.1) is 0 Å². The highest BCUT2D eigenvalue weighted by Crippen LogP contribution is 2.30. The number of hydrogen-bond acceptors (Lipinski definition) is 6. The number of aromatic nitrogens is 3. The number of carbonyl (C=O) groups is 2. The molecule has 0 spiro atoms. The van der Waals surface area contributed by atoms with E-state index in [4.69, 9.17) is 9.47 Å². The van der Waals surface area contributed by atoms with Crippen LogP contribution in [-0.4, -0.2) is 46.2 Å². The highest BCUT2D eigenvalue weighted by molar-refractivity contribution is 5.93. The van der Waals surface area contributed by atoms with Crippen molar-refractivity contribution in [3.63, 3.8) is 0 Å². The van der Waals surface area contributed by atoms with E-state index in [1.165, 1.54) is 23.0 Å². The Kier molecular flexibility index (Phi) is 7.96. The number of alkyl halides is 3.